The molecule has 0 amide bonds. The summed E-state index contributed by atoms with van der Waals surface area (Å²) in [5.41, 5.74) is -0.597. The SMILES string of the molecule is CNc1nc(-c2cnn3cc(OC)c(C(C)(C)O)nc23)c(F)cc1F.FC1CCNCC1. The smallest absolute Gasteiger partial charge is 0.168 e. The molecule has 11 heteroatoms. The van der Waals surface area contributed by atoms with E-state index in [-0.39, 0.29) is 28.4 Å². The van der Waals surface area contributed by atoms with Gasteiger partial charge < -0.3 is 20.5 Å². The molecule has 3 aromatic heterocycles. The van der Waals surface area contributed by atoms with Crippen molar-refractivity contribution in [2.75, 3.05) is 32.6 Å². The summed E-state index contributed by atoms with van der Waals surface area (Å²) in [5, 5.41) is 20.1. The van der Waals surface area contributed by atoms with Crippen molar-refractivity contribution in [2.45, 2.75) is 38.5 Å². The van der Waals surface area contributed by atoms with Crippen LogP contribution < -0.4 is 15.4 Å². The van der Waals surface area contributed by atoms with E-state index >= 15 is 0 Å². The summed E-state index contributed by atoms with van der Waals surface area (Å²) in [6.45, 7) is 4.84. The summed E-state index contributed by atoms with van der Waals surface area (Å²) < 4.78 is 46.7. The van der Waals surface area contributed by atoms with Crippen molar-refractivity contribution in [1.29, 1.82) is 0 Å². The van der Waals surface area contributed by atoms with Gasteiger partial charge >= 0.3 is 0 Å². The van der Waals surface area contributed by atoms with Gasteiger partial charge in [0.2, 0.25) is 0 Å². The van der Waals surface area contributed by atoms with Crippen molar-refractivity contribution in [3.05, 3.63) is 35.8 Å². The Morgan fingerprint density at radius 3 is 2.44 bits per heavy atom. The van der Waals surface area contributed by atoms with Gasteiger partial charge in [-0.25, -0.2) is 27.7 Å². The first-order valence-electron chi connectivity index (χ1n) is 10.2. The molecule has 1 aliphatic heterocycles. The van der Waals surface area contributed by atoms with E-state index in [1.54, 1.807) is 13.8 Å². The van der Waals surface area contributed by atoms with Crippen molar-refractivity contribution < 1.29 is 23.0 Å². The van der Waals surface area contributed by atoms with E-state index < -0.39 is 23.4 Å². The molecule has 3 N–H and O–H groups in total. The van der Waals surface area contributed by atoms with Crippen molar-refractivity contribution in [1.82, 2.24) is 24.9 Å². The highest BCUT2D eigenvalue weighted by molar-refractivity contribution is 5.76. The predicted molar refractivity (Wildman–Crippen MR) is 114 cm³/mol. The van der Waals surface area contributed by atoms with Crippen LogP contribution in [0.15, 0.2) is 18.5 Å². The van der Waals surface area contributed by atoms with Gasteiger partial charge in [-0.15, -0.1) is 0 Å². The lowest BCUT2D eigenvalue weighted by molar-refractivity contribution is 0.0707. The highest BCUT2D eigenvalue weighted by Crippen LogP contribution is 2.32. The van der Waals surface area contributed by atoms with Crippen molar-refractivity contribution in [3.63, 3.8) is 0 Å². The summed E-state index contributed by atoms with van der Waals surface area (Å²) in [7, 11) is 2.93. The third-order valence-corrected chi connectivity index (χ3v) is 4.95. The topological polar surface area (TPSA) is 96.6 Å². The first-order chi connectivity index (χ1) is 15.2. The lowest BCUT2D eigenvalue weighted by Gasteiger charge is -2.19. The largest absolute Gasteiger partial charge is 0.493 e. The third kappa shape index (κ3) is 5.10. The molecule has 1 saturated heterocycles. The van der Waals surface area contributed by atoms with Gasteiger partial charge in [0, 0.05) is 13.1 Å². The van der Waals surface area contributed by atoms with Crippen molar-refractivity contribution in [2.24, 2.45) is 0 Å². The molecule has 0 unspecified atom stereocenters. The van der Waals surface area contributed by atoms with Crippen LogP contribution in [0.25, 0.3) is 16.9 Å². The summed E-state index contributed by atoms with van der Waals surface area (Å²) in [6.07, 6.45) is 3.79. The molecule has 0 spiro atoms. The van der Waals surface area contributed by atoms with E-state index in [9.17, 15) is 18.3 Å². The van der Waals surface area contributed by atoms with Gasteiger partial charge in [-0.1, -0.05) is 0 Å². The number of methoxy groups -OCH3 is 1. The van der Waals surface area contributed by atoms with Crippen molar-refractivity contribution >= 4 is 11.5 Å². The van der Waals surface area contributed by atoms with Gasteiger partial charge in [-0.05, 0) is 39.8 Å². The molecule has 0 radical (unpaired) electrons. The maximum Gasteiger partial charge on any atom is 0.168 e. The monoisotopic (exact) mass is 452 g/mol. The fraction of sp³-hybridized carbons (Fsp3) is 0.476. The fourth-order valence-electron chi connectivity index (χ4n) is 3.27. The van der Waals surface area contributed by atoms with Crippen LogP contribution in [0.3, 0.4) is 0 Å². The highest BCUT2D eigenvalue weighted by atomic mass is 19.1. The molecule has 0 atom stereocenters. The molecule has 32 heavy (non-hydrogen) atoms. The molecule has 4 heterocycles. The first kappa shape index (κ1) is 23.7. The lowest BCUT2D eigenvalue weighted by Crippen LogP contribution is -2.28. The Balaban J connectivity index is 0.000000352. The number of rotatable bonds is 4. The zero-order valence-corrected chi connectivity index (χ0v) is 18.4. The van der Waals surface area contributed by atoms with Gasteiger partial charge in [-0.2, -0.15) is 5.10 Å². The third-order valence-electron chi connectivity index (χ3n) is 4.95. The molecule has 174 valence electrons. The number of pyridine rings is 1. The first-order valence-corrected chi connectivity index (χ1v) is 10.2. The Morgan fingerprint density at radius 2 is 1.91 bits per heavy atom. The molecule has 0 saturated carbocycles. The van der Waals surface area contributed by atoms with Crippen LogP contribution in [-0.2, 0) is 5.60 Å². The standard InChI is InChI=1S/C16H17F2N5O2.C5H10FN/c1-16(2,24)13-11(25-4)7-23-15(22-13)8(6-20-23)12-9(17)5-10(18)14(19-3)21-12;6-5-1-3-7-4-2-5/h5-7,24H,1-4H3,(H,19,21);5,7H,1-4H2. The number of nitrogens with one attached hydrogen (secondary N) is 2. The maximum absolute atomic E-state index is 14.3. The van der Waals surface area contributed by atoms with E-state index in [1.165, 1.54) is 31.1 Å². The number of alkyl halides is 1. The fourth-order valence-corrected chi connectivity index (χ4v) is 3.27. The normalized spacial score (nSPS) is 14.8. The molecule has 4 rings (SSSR count). The Kier molecular flexibility index (Phi) is 7.19. The Labute approximate surface area is 183 Å². The summed E-state index contributed by atoms with van der Waals surface area (Å²) >= 11 is 0. The molecule has 0 aromatic carbocycles. The van der Waals surface area contributed by atoms with Crippen LogP contribution >= 0.6 is 0 Å². The average molecular weight is 452 g/mol. The number of hydrogen-bond donors (Lipinski definition) is 3. The van der Waals surface area contributed by atoms with E-state index in [0.717, 1.165) is 19.2 Å². The second-order valence-electron chi connectivity index (χ2n) is 7.87. The summed E-state index contributed by atoms with van der Waals surface area (Å²) in [6, 6.07) is 0.748. The van der Waals surface area contributed by atoms with E-state index in [4.69, 9.17) is 4.74 Å². The van der Waals surface area contributed by atoms with Gasteiger partial charge in [0.05, 0.1) is 25.1 Å². The zero-order chi connectivity index (χ0) is 23.5. The van der Waals surface area contributed by atoms with Crippen LogP contribution in [0.5, 0.6) is 5.75 Å². The number of nitrogens with zero attached hydrogens (tertiary/aromatic N) is 4. The van der Waals surface area contributed by atoms with Crippen LogP contribution in [0.2, 0.25) is 0 Å². The Bertz CT molecular complexity index is 1080. The Hall–Kier alpha value is -2.92. The zero-order valence-electron chi connectivity index (χ0n) is 18.4. The van der Waals surface area contributed by atoms with E-state index in [0.29, 0.717) is 18.6 Å². The number of aromatic nitrogens is 4. The maximum atomic E-state index is 14.3. The quantitative estimate of drug-likeness (QED) is 0.560. The Morgan fingerprint density at radius 1 is 1.22 bits per heavy atom. The number of fused-ring (bicyclic) bond motifs is 1. The highest BCUT2D eigenvalue weighted by Gasteiger charge is 2.26. The molecule has 0 bridgehead atoms. The number of piperidine rings is 1. The second kappa shape index (κ2) is 9.70. The minimum Gasteiger partial charge on any atom is -0.493 e. The number of aliphatic hydroxyl groups is 1. The minimum absolute atomic E-state index is 0.0908. The van der Waals surface area contributed by atoms with E-state index in [2.05, 4.69) is 25.7 Å². The van der Waals surface area contributed by atoms with Gasteiger partial charge in [0.25, 0.3) is 0 Å². The van der Waals surface area contributed by atoms with Crippen molar-refractivity contribution in [3.8, 4) is 17.0 Å². The average Bonchev–Trinajstić information content (AvgIpc) is 3.16. The van der Waals surface area contributed by atoms with Crippen LogP contribution in [0.1, 0.15) is 32.4 Å². The van der Waals surface area contributed by atoms with Crippen LogP contribution in [-0.4, -0.2) is 58.1 Å². The number of halogens is 3. The van der Waals surface area contributed by atoms with Crippen LogP contribution in [0.4, 0.5) is 19.0 Å². The second-order valence-corrected chi connectivity index (χ2v) is 7.87. The molecule has 3 aromatic rings. The number of anilines is 1. The predicted octanol–water partition coefficient (Wildman–Crippen LogP) is 3.06. The van der Waals surface area contributed by atoms with Gasteiger partial charge in [0.15, 0.2) is 28.8 Å². The van der Waals surface area contributed by atoms with Crippen LogP contribution in [0, 0.1) is 11.6 Å². The molecule has 8 nitrogen and oxygen atoms in total. The number of ether oxygens (including phenoxy) is 1. The summed E-state index contributed by atoms with van der Waals surface area (Å²) in [5.74, 6) is -1.40. The number of hydrogen-bond acceptors (Lipinski definition) is 7. The van der Waals surface area contributed by atoms with E-state index in [1.807, 2.05) is 0 Å². The van der Waals surface area contributed by atoms with Gasteiger partial charge in [-0.3, -0.25) is 0 Å². The molecular formula is C21H27F3N6O2. The molecular weight excluding hydrogens is 425 g/mol. The molecule has 0 aliphatic carbocycles. The lowest BCUT2D eigenvalue weighted by atomic mass is 10.0. The minimum atomic E-state index is -1.29. The molecule has 1 fully saturated rings. The summed E-state index contributed by atoms with van der Waals surface area (Å²) in [4.78, 5) is 8.35. The molecule has 1 aliphatic rings. The van der Waals surface area contributed by atoms with Gasteiger partial charge in [0.1, 0.15) is 23.2 Å².